The van der Waals surface area contributed by atoms with Gasteiger partial charge < -0.3 is 9.84 Å². The Morgan fingerprint density at radius 2 is 2.12 bits per heavy atom. The first kappa shape index (κ1) is 15.4. The fourth-order valence-corrected chi connectivity index (χ4v) is 4.52. The van der Waals surface area contributed by atoms with Crippen molar-refractivity contribution in [2.45, 2.75) is 32.3 Å². The van der Waals surface area contributed by atoms with Gasteiger partial charge in [0.1, 0.15) is 11.6 Å². The molecule has 5 atom stereocenters. The molecular formula is C19H20FNO3. The summed E-state index contributed by atoms with van der Waals surface area (Å²) in [6, 6.07) is 6.27. The number of aliphatic carboxylic acids is 1. The Morgan fingerprint density at radius 3 is 2.79 bits per heavy atom. The summed E-state index contributed by atoms with van der Waals surface area (Å²) in [5, 5.41) is 10.00. The molecular weight excluding hydrogens is 309 g/mol. The molecule has 1 aromatic carbocycles. The van der Waals surface area contributed by atoms with Gasteiger partial charge in [-0.1, -0.05) is 6.92 Å². The predicted octanol–water partition coefficient (Wildman–Crippen LogP) is 3.89. The lowest BCUT2D eigenvalue weighted by Gasteiger charge is -2.20. The summed E-state index contributed by atoms with van der Waals surface area (Å²) in [4.78, 5) is 15.6. The largest absolute Gasteiger partial charge is 0.490 e. The van der Waals surface area contributed by atoms with E-state index in [0.717, 1.165) is 12.8 Å². The zero-order valence-electron chi connectivity index (χ0n) is 13.5. The molecule has 1 N–H and O–H groups in total. The lowest BCUT2D eigenvalue weighted by molar-refractivity contribution is -0.143. The second-order valence-electron chi connectivity index (χ2n) is 6.94. The molecule has 0 radical (unpaired) electrons. The highest BCUT2D eigenvalue weighted by atomic mass is 19.1. The van der Waals surface area contributed by atoms with E-state index in [1.165, 1.54) is 12.1 Å². The highest BCUT2D eigenvalue weighted by molar-refractivity contribution is 5.84. The van der Waals surface area contributed by atoms with Gasteiger partial charge in [0, 0.05) is 11.6 Å². The van der Waals surface area contributed by atoms with E-state index >= 15 is 0 Å². The van der Waals surface area contributed by atoms with Gasteiger partial charge in [-0.15, -0.1) is 0 Å². The van der Waals surface area contributed by atoms with Crippen molar-refractivity contribution in [2.24, 2.45) is 23.7 Å². The quantitative estimate of drug-likeness (QED) is 0.904. The summed E-state index contributed by atoms with van der Waals surface area (Å²) in [6.07, 6.45) is 4.21. The Morgan fingerprint density at radius 1 is 1.38 bits per heavy atom. The van der Waals surface area contributed by atoms with Crippen molar-refractivity contribution in [1.29, 1.82) is 0 Å². The lowest BCUT2D eigenvalue weighted by atomic mass is 9.94. The van der Waals surface area contributed by atoms with Crippen LogP contribution in [0, 0.1) is 29.5 Å². The number of fused-ring (bicyclic) bond motifs is 2. The summed E-state index contributed by atoms with van der Waals surface area (Å²) in [6.45, 7) is 1.94. The van der Waals surface area contributed by atoms with Gasteiger partial charge in [0.2, 0.25) is 0 Å². The molecule has 4 rings (SSSR count). The summed E-state index contributed by atoms with van der Waals surface area (Å²) in [5.74, 6) is 0.678. The number of halogens is 1. The molecule has 4 nitrogen and oxygen atoms in total. The van der Waals surface area contributed by atoms with Gasteiger partial charge in [-0.25, -0.2) is 4.39 Å². The van der Waals surface area contributed by atoms with Crippen molar-refractivity contribution in [3.8, 4) is 5.75 Å². The number of aromatic nitrogens is 1. The van der Waals surface area contributed by atoms with Crippen molar-refractivity contribution in [1.82, 2.24) is 4.98 Å². The van der Waals surface area contributed by atoms with Crippen LogP contribution in [0.5, 0.6) is 5.75 Å². The van der Waals surface area contributed by atoms with Crippen molar-refractivity contribution in [3.05, 3.63) is 36.3 Å². The molecule has 1 unspecified atom stereocenters. The fourth-order valence-electron chi connectivity index (χ4n) is 4.52. The maximum Gasteiger partial charge on any atom is 0.306 e. The van der Waals surface area contributed by atoms with Gasteiger partial charge in [-0.05, 0) is 61.3 Å². The Hall–Kier alpha value is -2.17. The van der Waals surface area contributed by atoms with E-state index in [9.17, 15) is 14.3 Å². The third-order valence-electron chi connectivity index (χ3n) is 5.65. The summed E-state index contributed by atoms with van der Waals surface area (Å²) in [7, 11) is 0. The van der Waals surface area contributed by atoms with Crippen LogP contribution in [0.15, 0.2) is 30.5 Å². The van der Waals surface area contributed by atoms with Crippen molar-refractivity contribution < 1.29 is 19.0 Å². The summed E-state index contributed by atoms with van der Waals surface area (Å²) < 4.78 is 19.6. The molecule has 2 saturated carbocycles. The molecule has 2 aliphatic carbocycles. The number of hydrogen-bond acceptors (Lipinski definition) is 3. The number of benzene rings is 1. The van der Waals surface area contributed by atoms with Gasteiger partial charge in [-0.3, -0.25) is 9.78 Å². The minimum Gasteiger partial charge on any atom is -0.490 e. The molecule has 2 aliphatic rings. The predicted molar refractivity (Wildman–Crippen MR) is 87.2 cm³/mol. The number of carbonyl (C=O) groups is 1. The third-order valence-corrected chi connectivity index (χ3v) is 5.65. The highest BCUT2D eigenvalue weighted by Crippen LogP contribution is 2.61. The third kappa shape index (κ3) is 2.52. The van der Waals surface area contributed by atoms with Crippen LogP contribution in [0.2, 0.25) is 0 Å². The standard InChI is InChI=1S/C19H20FNO3/c1-2-12(19(22)23)18-13-8-11(9-14(13)18)24-17-5-6-21-16-4-3-10(20)7-15(16)17/h3-7,11-14,18H,2,8-9H2,1H3,(H,22,23)/t11-,12?,13-,14+,18-. The number of carboxylic acid groups (broad SMARTS) is 1. The number of ether oxygens (including phenoxy) is 1. The van der Waals surface area contributed by atoms with E-state index in [0.29, 0.717) is 40.8 Å². The van der Waals surface area contributed by atoms with Gasteiger partial charge in [0.05, 0.1) is 17.5 Å². The monoisotopic (exact) mass is 329 g/mol. The summed E-state index contributed by atoms with van der Waals surface area (Å²) in [5.41, 5.74) is 0.715. The van der Waals surface area contributed by atoms with E-state index < -0.39 is 5.97 Å². The second-order valence-corrected chi connectivity index (χ2v) is 6.94. The zero-order chi connectivity index (χ0) is 16.8. The molecule has 0 saturated heterocycles. The van der Waals surface area contributed by atoms with Crippen LogP contribution in [0.25, 0.3) is 10.9 Å². The Labute approximate surface area is 139 Å². The van der Waals surface area contributed by atoms with Crippen LogP contribution >= 0.6 is 0 Å². The van der Waals surface area contributed by atoms with E-state index in [1.807, 2.05) is 6.92 Å². The van der Waals surface area contributed by atoms with E-state index in [-0.39, 0.29) is 17.8 Å². The molecule has 0 aliphatic heterocycles. The molecule has 2 aromatic rings. The van der Waals surface area contributed by atoms with Crippen molar-refractivity contribution in [2.75, 3.05) is 0 Å². The van der Waals surface area contributed by atoms with Crippen LogP contribution in [-0.2, 0) is 4.79 Å². The molecule has 24 heavy (non-hydrogen) atoms. The van der Waals surface area contributed by atoms with Crippen molar-refractivity contribution >= 4 is 16.9 Å². The average molecular weight is 329 g/mol. The number of pyridine rings is 1. The maximum absolute atomic E-state index is 13.5. The van der Waals surface area contributed by atoms with Crippen LogP contribution in [0.4, 0.5) is 4.39 Å². The minimum absolute atomic E-state index is 0.0800. The van der Waals surface area contributed by atoms with Crippen LogP contribution in [-0.4, -0.2) is 22.2 Å². The number of hydrogen-bond donors (Lipinski definition) is 1. The van der Waals surface area contributed by atoms with Crippen molar-refractivity contribution in [3.63, 3.8) is 0 Å². The van der Waals surface area contributed by atoms with Gasteiger partial charge in [-0.2, -0.15) is 0 Å². The average Bonchev–Trinajstić information content (AvgIpc) is 3.02. The van der Waals surface area contributed by atoms with E-state index in [1.54, 1.807) is 18.3 Å². The molecule has 5 heteroatoms. The minimum atomic E-state index is -0.676. The first-order valence-corrected chi connectivity index (χ1v) is 8.52. The first-order valence-electron chi connectivity index (χ1n) is 8.52. The zero-order valence-corrected chi connectivity index (χ0v) is 13.5. The maximum atomic E-state index is 13.5. The first-order chi connectivity index (χ1) is 11.6. The SMILES string of the molecule is CCC(C(=O)O)[C@@H]1[C@@H]2C[C@@H](Oc3ccnc4ccc(F)cc34)C[C@@H]21. The second kappa shape index (κ2) is 5.72. The van der Waals surface area contributed by atoms with Gasteiger partial charge in [0.15, 0.2) is 0 Å². The number of carboxylic acids is 1. The molecule has 126 valence electrons. The molecule has 0 bridgehead atoms. The van der Waals surface area contributed by atoms with Gasteiger partial charge >= 0.3 is 5.97 Å². The fraction of sp³-hybridized carbons (Fsp3) is 0.474. The Kier molecular flexibility index (Phi) is 3.66. The Balaban J connectivity index is 1.46. The molecule has 0 spiro atoms. The lowest BCUT2D eigenvalue weighted by Crippen LogP contribution is -2.22. The smallest absolute Gasteiger partial charge is 0.306 e. The topological polar surface area (TPSA) is 59.4 Å². The molecule has 0 amide bonds. The molecule has 1 heterocycles. The number of nitrogens with zero attached hydrogens (tertiary/aromatic N) is 1. The highest BCUT2D eigenvalue weighted by Gasteiger charge is 2.60. The van der Waals surface area contributed by atoms with Gasteiger partial charge in [0.25, 0.3) is 0 Å². The van der Waals surface area contributed by atoms with Crippen LogP contribution < -0.4 is 4.74 Å². The Bertz CT molecular complexity index is 781. The van der Waals surface area contributed by atoms with E-state index in [2.05, 4.69) is 4.98 Å². The van der Waals surface area contributed by atoms with E-state index in [4.69, 9.17) is 4.74 Å². The molecule has 2 fully saturated rings. The normalized spacial score (nSPS) is 29.2. The molecule has 1 aromatic heterocycles. The number of rotatable bonds is 5. The van der Waals surface area contributed by atoms with Crippen LogP contribution in [0.3, 0.4) is 0 Å². The summed E-state index contributed by atoms with van der Waals surface area (Å²) >= 11 is 0. The van der Waals surface area contributed by atoms with Crippen LogP contribution in [0.1, 0.15) is 26.2 Å².